The lowest BCUT2D eigenvalue weighted by molar-refractivity contribution is 0.0395. The second kappa shape index (κ2) is 3.06. The first-order chi connectivity index (χ1) is 2.81. The van der Waals surface area contributed by atoms with Crippen LogP contribution in [0.1, 0.15) is 0 Å². The van der Waals surface area contributed by atoms with E-state index in [1.165, 1.54) is 0 Å². The van der Waals surface area contributed by atoms with Gasteiger partial charge in [-0.25, -0.2) is 9.50 Å². The molecule has 1 radical (unpaired) electrons. The van der Waals surface area contributed by atoms with Crippen molar-refractivity contribution in [1.29, 1.82) is 0 Å². The van der Waals surface area contributed by atoms with Crippen LogP contribution in [0.5, 0.6) is 0 Å². The van der Waals surface area contributed by atoms with E-state index in [2.05, 4.69) is 0 Å². The molecule has 1 unspecified atom stereocenters. The fourth-order valence-electron chi connectivity index (χ4n) is 0.0445. The predicted molar refractivity (Wildman–Crippen MR) is 17.5 cm³/mol. The van der Waals surface area contributed by atoms with Crippen molar-refractivity contribution in [3.63, 3.8) is 0 Å². The van der Waals surface area contributed by atoms with Gasteiger partial charge in [-0.15, -0.1) is 0 Å². The lowest BCUT2D eigenvalue weighted by Gasteiger charge is -1.92. The normalized spacial score (nSPS) is 14.5. The molecule has 0 saturated heterocycles. The number of aliphatic hydroxyl groups excluding tert-OH is 1. The molecule has 0 heterocycles. The Morgan fingerprint density at radius 3 is 2.33 bits per heavy atom. The van der Waals surface area contributed by atoms with Crippen LogP contribution in [0.4, 0.5) is 4.39 Å². The van der Waals surface area contributed by atoms with Gasteiger partial charge in [-0.1, -0.05) is 0 Å². The van der Waals surface area contributed by atoms with Crippen molar-refractivity contribution in [2.75, 3.05) is 13.3 Å². The minimum atomic E-state index is -1.29. The van der Waals surface area contributed by atoms with Gasteiger partial charge >= 0.3 is 0 Å². The fourth-order valence-corrected chi connectivity index (χ4v) is 0.0445. The number of hydrogen-bond acceptors (Lipinski definition) is 1. The summed E-state index contributed by atoms with van der Waals surface area (Å²) in [7, 11) is 0. The van der Waals surface area contributed by atoms with Crippen molar-refractivity contribution in [3.8, 4) is 0 Å². The molecule has 0 aliphatic heterocycles. The SMILES string of the molecule is [O]CC(O)CF. The zero-order valence-electron chi connectivity index (χ0n) is 3.22. The van der Waals surface area contributed by atoms with Gasteiger partial charge in [0.1, 0.15) is 19.4 Å². The summed E-state index contributed by atoms with van der Waals surface area (Å²) >= 11 is 0. The largest absolute Gasteiger partial charge is 0.388 e. The third-order valence-electron chi connectivity index (χ3n) is 0.371. The molecule has 0 aromatic rings. The van der Waals surface area contributed by atoms with Crippen LogP contribution in [0.2, 0.25) is 0 Å². The van der Waals surface area contributed by atoms with Crippen molar-refractivity contribution in [3.05, 3.63) is 0 Å². The molecule has 1 N–H and O–H groups in total. The molecule has 1 atom stereocenters. The molecule has 0 aliphatic rings. The summed E-state index contributed by atoms with van der Waals surface area (Å²) in [4.78, 5) is 0. The minimum Gasteiger partial charge on any atom is -0.388 e. The van der Waals surface area contributed by atoms with Gasteiger partial charge in [0.15, 0.2) is 0 Å². The van der Waals surface area contributed by atoms with E-state index in [0.29, 0.717) is 0 Å². The van der Waals surface area contributed by atoms with Crippen LogP contribution in [-0.4, -0.2) is 24.5 Å². The summed E-state index contributed by atoms with van der Waals surface area (Å²) in [5.74, 6) is 0. The van der Waals surface area contributed by atoms with Gasteiger partial charge in [0, 0.05) is 0 Å². The van der Waals surface area contributed by atoms with E-state index in [1.807, 2.05) is 0 Å². The van der Waals surface area contributed by atoms with E-state index in [9.17, 15) is 9.50 Å². The molecule has 37 valence electrons. The lowest BCUT2D eigenvalue weighted by Crippen LogP contribution is -2.12. The van der Waals surface area contributed by atoms with E-state index < -0.39 is 19.4 Å². The van der Waals surface area contributed by atoms with Gasteiger partial charge in [-0.3, -0.25) is 0 Å². The highest BCUT2D eigenvalue weighted by Gasteiger charge is 1.97. The molecule has 0 aliphatic carbocycles. The van der Waals surface area contributed by atoms with E-state index in [0.717, 1.165) is 0 Å². The number of halogens is 1. The molecule has 0 fully saturated rings. The van der Waals surface area contributed by atoms with Crippen LogP contribution in [0.25, 0.3) is 0 Å². The van der Waals surface area contributed by atoms with Gasteiger partial charge in [0.05, 0.1) is 0 Å². The Balaban J connectivity index is 2.75. The average Bonchev–Trinajstić information content (AvgIpc) is 1.65. The summed E-state index contributed by atoms with van der Waals surface area (Å²) in [5.41, 5.74) is 0. The van der Waals surface area contributed by atoms with Crippen LogP contribution in [0.15, 0.2) is 0 Å². The van der Waals surface area contributed by atoms with Crippen LogP contribution in [0.3, 0.4) is 0 Å². The Bertz CT molecular complexity index is 28.0. The molecule has 0 rings (SSSR count). The number of hydrogen-bond donors (Lipinski definition) is 1. The third-order valence-corrected chi connectivity index (χ3v) is 0.371. The van der Waals surface area contributed by atoms with Crippen LogP contribution in [-0.2, 0) is 5.11 Å². The van der Waals surface area contributed by atoms with Crippen molar-refractivity contribution in [2.45, 2.75) is 6.10 Å². The summed E-state index contributed by atoms with van der Waals surface area (Å²) in [6.07, 6.45) is -1.29. The summed E-state index contributed by atoms with van der Waals surface area (Å²) in [6.45, 7) is -1.67. The lowest BCUT2D eigenvalue weighted by atomic mass is 10.4. The Morgan fingerprint density at radius 1 is 1.83 bits per heavy atom. The van der Waals surface area contributed by atoms with Crippen LogP contribution < -0.4 is 0 Å². The first-order valence-electron chi connectivity index (χ1n) is 1.63. The monoisotopic (exact) mass is 93.0 g/mol. The molecular weight excluding hydrogens is 87.0 g/mol. The topological polar surface area (TPSA) is 40.1 Å². The molecule has 0 spiro atoms. The quantitative estimate of drug-likeness (QED) is 0.502. The molecular formula is C3H6FO2. The van der Waals surface area contributed by atoms with Crippen molar-refractivity contribution in [1.82, 2.24) is 0 Å². The van der Waals surface area contributed by atoms with E-state index in [4.69, 9.17) is 5.11 Å². The standard InChI is InChI=1S/C3H6FO2/c4-1-3(6)2-5/h3,6H,1-2H2. The molecule has 0 aromatic carbocycles. The van der Waals surface area contributed by atoms with Crippen molar-refractivity contribution >= 4 is 0 Å². The van der Waals surface area contributed by atoms with Gasteiger partial charge in [-0.2, -0.15) is 0 Å². The number of rotatable bonds is 2. The molecule has 0 bridgehead atoms. The highest BCUT2D eigenvalue weighted by atomic mass is 19.1. The Kier molecular flexibility index (Phi) is 2.98. The Morgan fingerprint density at radius 2 is 2.33 bits per heavy atom. The summed E-state index contributed by atoms with van der Waals surface area (Å²) < 4.78 is 10.9. The van der Waals surface area contributed by atoms with Gasteiger partial charge in [-0.05, 0) is 0 Å². The van der Waals surface area contributed by atoms with E-state index >= 15 is 0 Å². The van der Waals surface area contributed by atoms with Gasteiger partial charge in [0.2, 0.25) is 0 Å². The van der Waals surface area contributed by atoms with Gasteiger partial charge < -0.3 is 5.11 Å². The zero-order valence-corrected chi connectivity index (χ0v) is 3.22. The molecule has 0 amide bonds. The van der Waals surface area contributed by atoms with Crippen molar-refractivity contribution in [2.24, 2.45) is 0 Å². The molecule has 0 saturated carbocycles. The van der Waals surface area contributed by atoms with E-state index in [1.54, 1.807) is 0 Å². The summed E-state index contributed by atoms with van der Waals surface area (Å²) in [6, 6.07) is 0. The van der Waals surface area contributed by atoms with Gasteiger partial charge in [0.25, 0.3) is 0 Å². The van der Waals surface area contributed by atoms with Crippen LogP contribution in [0, 0.1) is 0 Å². The number of alkyl halides is 1. The first kappa shape index (κ1) is 5.85. The molecule has 2 nitrogen and oxygen atoms in total. The second-order valence-corrected chi connectivity index (χ2v) is 0.975. The molecule has 3 heteroatoms. The predicted octanol–water partition coefficient (Wildman–Crippen LogP) is -0.253. The average molecular weight is 93.1 g/mol. The fraction of sp³-hybridized carbons (Fsp3) is 1.00. The summed E-state index contributed by atoms with van der Waals surface area (Å²) in [5, 5.41) is 17.4. The molecule has 0 aromatic heterocycles. The highest BCUT2D eigenvalue weighted by molar-refractivity contribution is 4.44. The first-order valence-corrected chi connectivity index (χ1v) is 1.63. The smallest absolute Gasteiger partial charge is 0.118 e. The Labute approximate surface area is 35.2 Å². The third kappa shape index (κ3) is 2.11. The maximum Gasteiger partial charge on any atom is 0.118 e. The highest BCUT2D eigenvalue weighted by Crippen LogP contribution is 1.78. The zero-order chi connectivity index (χ0) is 4.99. The number of aliphatic hydroxyl groups is 1. The van der Waals surface area contributed by atoms with Crippen LogP contribution >= 0.6 is 0 Å². The minimum absolute atomic E-state index is 0.740. The maximum atomic E-state index is 10.9. The maximum absolute atomic E-state index is 10.9. The second-order valence-electron chi connectivity index (χ2n) is 0.975. The Hall–Kier alpha value is -0.150. The molecule has 6 heavy (non-hydrogen) atoms. The van der Waals surface area contributed by atoms with Crippen molar-refractivity contribution < 1.29 is 14.6 Å². The van der Waals surface area contributed by atoms with E-state index in [-0.39, 0.29) is 0 Å².